The van der Waals surface area contributed by atoms with Gasteiger partial charge in [-0.05, 0) is 56.3 Å². The van der Waals surface area contributed by atoms with Gasteiger partial charge >= 0.3 is 6.09 Å². The number of hydrogen-bond donors (Lipinski definition) is 3. The van der Waals surface area contributed by atoms with Gasteiger partial charge in [-0.25, -0.2) is 4.79 Å². The number of nitriles is 1. The lowest BCUT2D eigenvalue weighted by Crippen LogP contribution is -2.61. The van der Waals surface area contributed by atoms with Crippen LogP contribution < -0.4 is 10.6 Å². The van der Waals surface area contributed by atoms with Gasteiger partial charge in [-0.15, -0.1) is 0 Å². The van der Waals surface area contributed by atoms with E-state index in [4.69, 9.17) is 4.74 Å². The first-order valence-electron chi connectivity index (χ1n) is 14.8. The Kier molecular flexibility index (Phi) is 9.63. The fraction of sp³-hybridized carbons (Fsp3) is 0.867. The predicted octanol–water partition coefficient (Wildman–Crippen LogP) is 4.28. The number of ether oxygens (including phenoxy) is 1. The van der Waals surface area contributed by atoms with Crippen molar-refractivity contribution in [3.63, 3.8) is 0 Å². The third-order valence-corrected chi connectivity index (χ3v) is 9.13. The molecule has 2 heterocycles. The van der Waals surface area contributed by atoms with Crippen LogP contribution in [0.2, 0.25) is 0 Å². The first-order chi connectivity index (χ1) is 18.1. The number of carbonyl (C=O) groups is 3. The fourth-order valence-electron chi connectivity index (χ4n) is 6.64. The van der Waals surface area contributed by atoms with E-state index in [0.29, 0.717) is 13.0 Å². The van der Waals surface area contributed by atoms with E-state index in [1.807, 2.05) is 19.9 Å². The molecule has 3 fully saturated rings. The van der Waals surface area contributed by atoms with Crippen LogP contribution >= 0.6 is 0 Å². The molecule has 9 heteroatoms. The predicted molar refractivity (Wildman–Crippen MR) is 148 cm³/mol. The summed E-state index contributed by atoms with van der Waals surface area (Å²) in [5.74, 6) is -0.462. The second-order valence-corrected chi connectivity index (χ2v) is 14.2. The third kappa shape index (κ3) is 7.45. The normalized spacial score (nSPS) is 32.5. The van der Waals surface area contributed by atoms with Crippen molar-refractivity contribution in [3.8, 4) is 6.07 Å². The highest BCUT2D eigenvalue weighted by atomic mass is 16.6. The van der Waals surface area contributed by atoms with Crippen LogP contribution in [0.4, 0.5) is 4.79 Å². The Bertz CT molecular complexity index is 950. The van der Waals surface area contributed by atoms with Crippen LogP contribution in [0, 0.1) is 34.0 Å². The molecule has 3 rings (SSSR count). The zero-order valence-electron chi connectivity index (χ0n) is 25.0. The van der Waals surface area contributed by atoms with Crippen molar-refractivity contribution >= 4 is 17.9 Å². The molecule has 0 aromatic heterocycles. The molecule has 9 nitrogen and oxygen atoms in total. The Morgan fingerprint density at radius 3 is 2.28 bits per heavy atom. The van der Waals surface area contributed by atoms with Gasteiger partial charge in [0.05, 0.1) is 12.1 Å². The van der Waals surface area contributed by atoms with Gasteiger partial charge in [0.1, 0.15) is 17.7 Å². The lowest BCUT2D eigenvalue weighted by molar-refractivity contribution is -0.144. The van der Waals surface area contributed by atoms with Gasteiger partial charge in [-0.1, -0.05) is 72.6 Å². The highest BCUT2D eigenvalue weighted by molar-refractivity contribution is 5.93. The van der Waals surface area contributed by atoms with Crippen molar-refractivity contribution in [1.82, 2.24) is 15.5 Å². The summed E-state index contributed by atoms with van der Waals surface area (Å²) in [5, 5.41) is 25.6. The van der Waals surface area contributed by atoms with E-state index >= 15 is 0 Å². The minimum atomic E-state index is -1.31. The number of amides is 3. The van der Waals surface area contributed by atoms with Gasteiger partial charge in [0, 0.05) is 6.54 Å². The summed E-state index contributed by atoms with van der Waals surface area (Å²) in [6, 6.07) is -0.396. The summed E-state index contributed by atoms with van der Waals surface area (Å²) in [5.41, 5.74) is -1.37. The summed E-state index contributed by atoms with van der Waals surface area (Å²) in [4.78, 5) is 42.6. The smallest absolute Gasteiger partial charge is 0.408 e. The largest absolute Gasteiger partial charge is 0.444 e. The second kappa shape index (κ2) is 12.0. The molecule has 2 aliphatic heterocycles. The number of hydrogen-bond acceptors (Lipinski definition) is 6. The lowest BCUT2D eigenvalue weighted by atomic mass is 9.78. The number of rotatable bonds is 2. The lowest BCUT2D eigenvalue weighted by Gasteiger charge is -2.39. The minimum absolute atomic E-state index is 0.0197. The van der Waals surface area contributed by atoms with Gasteiger partial charge in [0.25, 0.3) is 0 Å². The number of nitrogens with zero attached hydrogens (tertiary/aromatic N) is 2. The molecule has 1 aliphatic carbocycles. The number of aliphatic hydroxyl groups is 1. The topological polar surface area (TPSA) is 132 Å². The highest BCUT2D eigenvalue weighted by Gasteiger charge is 2.70. The molecule has 0 spiro atoms. The quantitative estimate of drug-likeness (QED) is 0.443. The molecule has 2 saturated heterocycles. The zero-order valence-corrected chi connectivity index (χ0v) is 25.0. The summed E-state index contributed by atoms with van der Waals surface area (Å²) in [6.07, 6.45) is 6.28. The van der Waals surface area contributed by atoms with Crippen LogP contribution in [-0.2, 0) is 14.3 Å². The fourth-order valence-corrected chi connectivity index (χ4v) is 6.64. The molecular weight excluding hydrogens is 496 g/mol. The molecule has 1 saturated carbocycles. The van der Waals surface area contributed by atoms with E-state index in [0.717, 1.165) is 51.4 Å². The summed E-state index contributed by atoms with van der Waals surface area (Å²) in [6.45, 7) is 14.0. The van der Waals surface area contributed by atoms with Crippen molar-refractivity contribution in [2.45, 2.75) is 136 Å². The Hall–Kier alpha value is -2.34. The number of alkyl carbamates (subject to hydrolysis) is 1. The van der Waals surface area contributed by atoms with E-state index in [1.165, 1.54) is 0 Å². The van der Waals surface area contributed by atoms with Gasteiger partial charge in [-0.3, -0.25) is 9.59 Å². The molecule has 0 aromatic carbocycles. The van der Waals surface area contributed by atoms with Crippen molar-refractivity contribution < 1.29 is 24.2 Å². The minimum Gasteiger partial charge on any atom is -0.444 e. The zero-order chi connectivity index (χ0) is 29.2. The summed E-state index contributed by atoms with van der Waals surface area (Å²) in [7, 11) is 0. The molecule has 4 unspecified atom stereocenters. The highest BCUT2D eigenvalue weighted by Crippen LogP contribution is 2.65. The van der Waals surface area contributed by atoms with Crippen molar-refractivity contribution in [1.29, 1.82) is 5.26 Å². The maximum absolute atomic E-state index is 14.3. The standard InChI is InChI=1S/C30H50N4O5/c1-28(2,3)39-27(38)33-24-26(37)34-18-19-22(30(19,6)7)23(34)25(36)32-20(21(35)17-31)15-13-11-9-8-10-12-14-16-29(24,4)5/h19-24,35H,8-16,18H2,1-7H3,(H,32,36)(H,33,38)/t19?,20-,21?,22?,23-,24?/m0/s1. The Balaban J connectivity index is 1.94. The van der Waals surface area contributed by atoms with Crippen molar-refractivity contribution in [3.05, 3.63) is 0 Å². The van der Waals surface area contributed by atoms with Gasteiger partial charge in [0.15, 0.2) is 6.10 Å². The van der Waals surface area contributed by atoms with E-state index in [9.17, 15) is 24.8 Å². The summed E-state index contributed by atoms with van der Waals surface area (Å²) >= 11 is 0. The molecule has 3 N–H and O–H groups in total. The van der Waals surface area contributed by atoms with E-state index in [1.54, 1.807) is 25.7 Å². The average molecular weight is 547 g/mol. The SMILES string of the molecule is CC(C)(C)OC(=O)NC1C(=O)N2CC3C([C@H]2C(=O)N[C@H](C(O)C#N)CCCCCCCCCC1(C)C)C3(C)C. The van der Waals surface area contributed by atoms with Gasteiger partial charge in [-0.2, -0.15) is 5.26 Å². The van der Waals surface area contributed by atoms with Crippen molar-refractivity contribution in [2.24, 2.45) is 22.7 Å². The molecule has 39 heavy (non-hydrogen) atoms. The number of nitrogens with one attached hydrogen (secondary N) is 2. The number of carbonyl (C=O) groups excluding carboxylic acids is 3. The molecule has 0 bridgehead atoms. The van der Waals surface area contributed by atoms with Crippen LogP contribution in [0.15, 0.2) is 0 Å². The first kappa shape index (κ1) is 31.2. The van der Waals surface area contributed by atoms with Crippen LogP contribution in [-0.4, -0.2) is 64.3 Å². The molecular formula is C30H50N4O5. The number of piperidine rings is 1. The molecule has 6 atom stereocenters. The molecule has 3 aliphatic rings. The van der Waals surface area contributed by atoms with Crippen LogP contribution in [0.3, 0.4) is 0 Å². The van der Waals surface area contributed by atoms with Crippen LogP contribution in [0.1, 0.15) is 106 Å². The number of aliphatic hydroxyl groups excluding tert-OH is 1. The van der Waals surface area contributed by atoms with Crippen molar-refractivity contribution in [2.75, 3.05) is 6.54 Å². The van der Waals surface area contributed by atoms with E-state index < -0.39 is 41.3 Å². The third-order valence-electron chi connectivity index (χ3n) is 9.13. The summed E-state index contributed by atoms with van der Waals surface area (Å²) < 4.78 is 5.53. The molecule has 0 radical (unpaired) electrons. The van der Waals surface area contributed by atoms with E-state index in [-0.39, 0.29) is 29.1 Å². The number of fused-ring (bicyclic) bond motifs is 3. The first-order valence-corrected chi connectivity index (χ1v) is 14.8. The van der Waals surface area contributed by atoms with Crippen LogP contribution in [0.25, 0.3) is 0 Å². The molecule has 220 valence electrons. The van der Waals surface area contributed by atoms with E-state index in [2.05, 4.69) is 24.5 Å². The van der Waals surface area contributed by atoms with Gasteiger partial charge < -0.3 is 25.4 Å². The second-order valence-electron chi connectivity index (χ2n) is 14.2. The van der Waals surface area contributed by atoms with Gasteiger partial charge in [0.2, 0.25) is 11.8 Å². The Morgan fingerprint density at radius 2 is 1.69 bits per heavy atom. The maximum Gasteiger partial charge on any atom is 0.408 e. The van der Waals surface area contributed by atoms with Crippen LogP contribution in [0.5, 0.6) is 0 Å². The molecule has 3 amide bonds. The monoisotopic (exact) mass is 546 g/mol. The Labute approximate surface area is 234 Å². The Morgan fingerprint density at radius 1 is 1.10 bits per heavy atom. The molecule has 0 aromatic rings. The average Bonchev–Trinajstić information content (AvgIpc) is 3.16. The maximum atomic E-state index is 14.3.